The number of benzene rings is 1. The van der Waals surface area contributed by atoms with Crippen molar-refractivity contribution < 1.29 is 23.9 Å². The highest BCUT2D eigenvalue weighted by Gasteiger charge is 2.51. The van der Waals surface area contributed by atoms with Crippen molar-refractivity contribution in [2.75, 3.05) is 6.54 Å². The number of alkyl carbamates (subject to hydrolysis) is 1. The standard InChI is InChI=1S/C34H52N4O5/c1-8-14-27(31(39)35-23(7)24-16-11-10-12-17-24)28(15-9-2)36-32(40)30-26-19-13-18-25(26)20-38(30)33(41)29(21(3)4)37-34(42)43-22(5)6/h10-12,14,16-17,21-23,25-26,28-30H,8-9,13,15,18-20H2,1-7H3,(H,35,39)(H,36,40)(H,37,42)/b27-14-/t23-,25-,26-,28?,29-,30-/m0/s1. The summed E-state index contributed by atoms with van der Waals surface area (Å²) in [7, 11) is 0. The van der Waals surface area contributed by atoms with E-state index in [2.05, 4.69) is 16.0 Å². The van der Waals surface area contributed by atoms with Crippen molar-refractivity contribution in [1.82, 2.24) is 20.9 Å². The van der Waals surface area contributed by atoms with Gasteiger partial charge in [0, 0.05) is 12.1 Å². The van der Waals surface area contributed by atoms with E-state index in [0.717, 1.165) is 31.2 Å². The quantitative estimate of drug-likeness (QED) is 0.268. The van der Waals surface area contributed by atoms with Crippen LogP contribution >= 0.6 is 0 Å². The molecule has 9 nitrogen and oxygen atoms in total. The minimum absolute atomic E-state index is 0.0483. The molecule has 1 heterocycles. The predicted octanol–water partition coefficient (Wildman–Crippen LogP) is 5.27. The van der Waals surface area contributed by atoms with Crippen LogP contribution in [0.15, 0.2) is 42.0 Å². The molecule has 2 aliphatic rings. The van der Waals surface area contributed by atoms with E-state index in [1.807, 2.05) is 71.0 Å². The van der Waals surface area contributed by atoms with Crippen molar-refractivity contribution >= 4 is 23.8 Å². The van der Waals surface area contributed by atoms with Crippen LogP contribution in [0.25, 0.3) is 0 Å². The zero-order valence-electron chi connectivity index (χ0n) is 27.0. The Bertz CT molecular complexity index is 1130. The largest absolute Gasteiger partial charge is 0.447 e. The van der Waals surface area contributed by atoms with E-state index in [9.17, 15) is 19.2 Å². The summed E-state index contributed by atoms with van der Waals surface area (Å²) >= 11 is 0. The van der Waals surface area contributed by atoms with Gasteiger partial charge in [-0.1, -0.05) is 76.9 Å². The summed E-state index contributed by atoms with van der Waals surface area (Å²) in [5, 5.41) is 9.05. The highest BCUT2D eigenvalue weighted by atomic mass is 16.6. The van der Waals surface area contributed by atoms with Gasteiger partial charge in [0.15, 0.2) is 0 Å². The number of rotatable bonds is 13. The second-order valence-electron chi connectivity index (χ2n) is 12.6. The molecule has 0 radical (unpaired) electrons. The molecule has 1 aliphatic heterocycles. The van der Waals surface area contributed by atoms with Gasteiger partial charge in [0.05, 0.1) is 18.2 Å². The number of nitrogens with zero attached hydrogens (tertiary/aromatic N) is 1. The Hall–Kier alpha value is -3.36. The lowest BCUT2D eigenvalue weighted by molar-refractivity contribution is -0.142. The minimum Gasteiger partial charge on any atom is -0.447 e. The molecule has 3 rings (SSSR count). The molecule has 4 amide bonds. The Morgan fingerprint density at radius 2 is 1.67 bits per heavy atom. The van der Waals surface area contributed by atoms with Gasteiger partial charge in [-0.25, -0.2) is 4.79 Å². The first-order valence-corrected chi connectivity index (χ1v) is 16.1. The molecule has 1 aliphatic carbocycles. The van der Waals surface area contributed by atoms with Gasteiger partial charge in [-0.3, -0.25) is 14.4 Å². The van der Waals surface area contributed by atoms with E-state index in [1.54, 1.807) is 18.7 Å². The predicted molar refractivity (Wildman–Crippen MR) is 168 cm³/mol. The van der Waals surface area contributed by atoms with Gasteiger partial charge in [0.2, 0.25) is 17.7 Å². The van der Waals surface area contributed by atoms with Gasteiger partial charge in [-0.15, -0.1) is 0 Å². The molecule has 1 aromatic rings. The second-order valence-corrected chi connectivity index (χ2v) is 12.6. The fraction of sp³-hybridized carbons (Fsp3) is 0.647. The lowest BCUT2D eigenvalue weighted by atomic mass is 9.92. The number of carbonyl (C=O) groups is 4. The fourth-order valence-corrected chi connectivity index (χ4v) is 6.50. The van der Waals surface area contributed by atoms with Gasteiger partial charge in [0.1, 0.15) is 12.1 Å². The summed E-state index contributed by atoms with van der Waals surface area (Å²) in [6.45, 7) is 13.7. The Morgan fingerprint density at radius 1 is 0.977 bits per heavy atom. The number of allylic oxidation sites excluding steroid dienone is 1. The van der Waals surface area contributed by atoms with Crippen LogP contribution < -0.4 is 16.0 Å². The van der Waals surface area contributed by atoms with E-state index in [0.29, 0.717) is 25.0 Å². The zero-order valence-corrected chi connectivity index (χ0v) is 27.0. The number of ether oxygens (including phenoxy) is 1. The van der Waals surface area contributed by atoms with Gasteiger partial charge in [-0.05, 0) is 69.8 Å². The lowest BCUT2D eigenvalue weighted by Gasteiger charge is -2.33. The first-order valence-electron chi connectivity index (χ1n) is 16.1. The molecular formula is C34H52N4O5. The molecule has 1 unspecified atom stereocenters. The van der Waals surface area contributed by atoms with Gasteiger partial charge >= 0.3 is 6.09 Å². The average Bonchev–Trinajstić information content (AvgIpc) is 3.55. The van der Waals surface area contributed by atoms with Crippen LogP contribution in [-0.2, 0) is 19.1 Å². The van der Waals surface area contributed by atoms with Crippen molar-refractivity contribution in [3.8, 4) is 0 Å². The summed E-state index contributed by atoms with van der Waals surface area (Å²) in [6.07, 6.45) is 5.79. The number of likely N-dealkylation sites (tertiary alicyclic amines) is 1. The Morgan fingerprint density at radius 3 is 2.28 bits per heavy atom. The van der Waals surface area contributed by atoms with Crippen molar-refractivity contribution in [2.45, 2.75) is 117 Å². The summed E-state index contributed by atoms with van der Waals surface area (Å²) in [5.74, 6) is -0.621. The summed E-state index contributed by atoms with van der Waals surface area (Å²) in [5.41, 5.74) is 1.54. The topological polar surface area (TPSA) is 117 Å². The SMILES string of the molecule is CC/C=C(\C(=O)N[C@@H](C)c1ccccc1)C(CCC)NC(=O)[C@@H]1[C@H]2CCC[C@H]2CN1C(=O)[C@@H](NC(=O)OC(C)C)C(C)C. The monoisotopic (exact) mass is 596 g/mol. The first-order chi connectivity index (χ1) is 20.5. The number of hydrogen-bond acceptors (Lipinski definition) is 5. The molecule has 3 N–H and O–H groups in total. The van der Waals surface area contributed by atoms with E-state index in [1.165, 1.54) is 0 Å². The highest BCUT2D eigenvalue weighted by molar-refractivity contribution is 5.97. The smallest absolute Gasteiger partial charge is 0.408 e. The van der Waals surface area contributed by atoms with Crippen molar-refractivity contribution in [3.05, 3.63) is 47.5 Å². The van der Waals surface area contributed by atoms with Crippen molar-refractivity contribution in [1.29, 1.82) is 0 Å². The van der Waals surface area contributed by atoms with Crippen LogP contribution in [0, 0.1) is 17.8 Å². The average molecular weight is 597 g/mol. The van der Waals surface area contributed by atoms with Crippen LogP contribution in [0.1, 0.15) is 98.6 Å². The number of amides is 4. The van der Waals surface area contributed by atoms with E-state index < -0.39 is 24.2 Å². The third-order valence-corrected chi connectivity index (χ3v) is 8.59. The number of nitrogens with one attached hydrogen (secondary N) is 3. The second kappa shape index (κ2) is 15.9. The third kappa shape index (κ3) is 8.83. The van der Waals surface area contributed by atoms with Crippen molar-refractivity contribution in [3.63, 3.8) is 0 Å². The number of carbonyl (C=O) groups excluding carboxylic acids is 4. The minimum atomic E-state index is -0.812. The summed E-state index contributed by atoms with van der Waals surface area (Å²) in [6, 6.07) is 7.63. The molecule has 238 valence electrons. The molecule has 1 aromatic carbocycles. The van der Waals surface area contributed by atoms with Crippen LogP contribution in [0.4, 0.5) is 4.79 Å². The van der Waals surface area contributed by atoms with E-state index >= 15 is 0 Å². The maximum atomic E-state index is 14.1. The van der Waals surface area contributed by atoms with E-state index in [-0.39, 0.29) is 47.6 Å². The molecule has 43 heavy (non-hydrogen) atoms. The normalized spacial score (nSPS) is 22.1. The third-order valence-electron chi connectivity index (χ3n) is 8.59. The molecule has 9 heteroatoms. The molecular weight excluding hydrogens is 544 g/mol. The number of fused-ring (bicyclic) bond motifs is 1. The Kier molecular flexibility index (Phi) is 12.6. The van der Waals surface area contributed by atoms with Gasteiger partial charge in [0.25, 0.3) is 0 Å². The first kappa shape index (κ1) is 34.1. The molecule has 1 saturated carbocycles. The summed E-state index contributed by atoms with van der Waals surface area (Å²) in [4.78, 5) is 55.8. The molecule has 0 bridgehead atoms. The molecule has 1 saturated heterocycles. The van der Waals surface area contributed by atoms with Gasteiger partial charge < -0.3 is 25.6 Å². The molecule has 0 aromatic heterocycles. The fourth-order valence-electron chi connectivity index (χ4n) is 6.50. The molecule has 6 atom stereocenters. The number of hydrogen-bond donors (Lipinski definition) is 3. The van der Waals surface area contributed by atoms with Crippen molar-refractivity contribution in [2.24, 2.45) is 17.8 Å². The molecule has 2 fully saturated rings. The Balaban J connectivity index is 1.83. The lowest BCUT2D eigenvalue weighted by Crippen LogP contribution is -2.57. The Labute approximate surface area is 257 Å². The van der Waals surface area contributed by atoms with Crippen LogP contribution in [0.3, 0.4) is 0 Å². The van der Waals surface area contributed by atoms with Gasteiger partial charge in [-0.2, -0.15) is 0 Å². The maximum Gasteiger partial charge on any atom is 0.408 e. The summed E-state index contributed by atoms with van der Waals surface area (Å²) < 4.78 is 5.26. The van der Waals surface area contributed by atoms with Crippen LogP contribution in [0.5, 0.6) is 0 Å². The van der Waals surface area contributed by atoms with Crippen LogP contribution in [0.2, 0.25) is 0 Å². The maximum absolute atomic E-state index is 14.1. The molecule has 0 spiro atoms. The van der Waals surface area contributed by atoms with E-state index in [4.69, 9.17) is 4.74 Å². The van der Waals surface area contributed by atoms with Crippen LogP contribution in [-0.4, -0.2) is 59.5 Å². The highest BCUT2D eigenvalue weighted by Crippen LogP contribution is 2.43. The zero-order chi connectivity index (χ0) is 31.7.